The van der Waals surface area contributed by atoms with Crippen molar-refractivity contribution in [3.8, 4) is 11.6 Å². The van der Waals surface area contributed by atoms with E-state index in [2.05, 4.69) is 30.7 Å². The number of aromatic nitrogens is 5. The second-order valence-electron chi connectivity index (χ2n) is 6.47. The maximum absolute atomic E-state index is 11.7. The molecule has 0 saturated heterocycles. The van der Waals surface area contributed by atoms with Crippen LogP contribution in [0.5, 0.6) is 11.6 Å². The number of hydrogen-bond acceptors (Lipinski definition) is 5. The highest BCUT2D eigenvalue weighted by molar-refractivity contribution is 5.93. The second kappa shape index (κ2) is 6.27. The summed E-state index contributed by atoms with van der Waals surface area (Å²) in [5, 5.41) is 17.4. The van der Waals surface area contributed by atoms with Crippen LogP contribution in [0.3, 0.4) is 0 Å². The Balaban J connectivity index is 1.55. The van der Waals surface area contributed by atoms with E-state index in [4.69, 9.17) is 4.74 Å². The number of rotatable bonds is 4. The van der Waals surface area contributed by atoms with Crippen molar-refractivity contribution in [2.75, 3.05) is 5.32 Å². The highest BCUT2D eigenvalue weighted by Crippen LogP contribution is 2.31. The third kappa shape index (κ3) is 2.86. The van der Waals surface area contributed by atoms with Crippen LogP contribution in [0.4, 0.5) is 11.5 Å². The summed E-state index contributed by atoms with van der Waals surface area (Å²) >= 11 is 0. The fraction of sp³-hybridized carbons (Fsp3) is 0.0500. The number of ether oxygens (including phenoxy) is 1. The van der Waals surface area contributed by atoms with Gasteiger partial charge in [-0.1, -0.05) is 18.2 Å². The standard InChI is InChI=1S/C20H16N6O2/c1-11-8-18(25-23-11)21-16-10-19(22-15-5-3-2-4-13(15)16)28-12-6-7-14-17(9-12)24-26-20(14)27/h2-10H,1H3,(H2,24,26,27)(H2,21,22,23,25). The van der Waals surface area contributed by atoms with Gasteiger partial charge in [0.1, 0.15) is 5.75 Å². The first kappa shape index (κ1) is 16.1. The first-order valence-electron chi connectivity index (χ1n) is 8.73. The fourth-order valence-electron chi connectivity index (χ4n) is 3.13. The third-order valence-corrected chi connectivity index (χ3v) is 4.43. The molecule has 5 aromatic rings. The summed E-state index contributed by atoms with van der Waals surface area (Å²) in [6.45, 7) is 1.94. The Hall–Kier alpha value is -4.07. The van der Waals surface area contributed by atoms with Crippen molar-refractivity contribution in [2.24, 2.45) is 0 Å². The van der Waals surface area contributed by atoms with Gasteiger partial charge < -0.3 is 10.1 Å². The van der Waals surface area contributed by atoms with E-state index in [9.17, 15) is 4.79 Å². The van der Waals surface area contributed by atoms with E-state index in [1.807, 2.05) is 43.3 Å². The number of aryl methyl sites for hydroxylation is 1. The van der Waals surface area contributed by atoms with Crippen molar-refractivity contribution in [3.63, 3.8) is 0 Å². The Labute approximate surface area is 158 Å². The molecule has 138 valence electrons. The summed E-state index contributed by atoms with van der Waals surface area (Å²) in [7, 11) is 0. The lowest BCUT2D eigenvalue weighted by Gasteiger charge is -2.11. The Kier molecular flexibility index (Phi) is 3.61. The van der Waals surface area contributed by atoms with E-state index in [1.165, 1.54) is 0 Å². The molecular weight excluding hydrogens is 356 g/mol. The summed E-state index contributed by atoms with van der Waals surface area (Å²) in [4.78, 5) is 16.3. The number of benzene rings is 2. The number of anilines is 2. The molecule has 0 aliphatic heterocycles. The molecule has 3 heterocycles. The van der Waals surface area contributed by atoms with Crippen molar-refractivity contribution in [3.05, 3.63) is 70.6 Å². The van der Waals surface area contributed by atoms with Crippen molar-refractivity contribution in [1.29, 1.82) is 0 Å². The van der Waals surface area contributed by atoms with Crippen molar-refractivity contribution in [2.45, 2.75) is 6.92 Å². The molecule has 28 heavy (non-hydrogen) atoms. The average molecular weight is 372 g/mol. The molecule has 0 unspecified atom stereocenters. The maximum atomic E-state index is 11.7. The largest absolute Gasteiger partial charge is 0.439 e. The van der Waals surface area contributed by atoms with E-state index < -0.39 is 0 Å². The molecule has 0 amide bonds. The van der Waals surface area contributed by atoms with Crippen LogP contribution in [0, 0.1) is 6.92 Å². The van der Waals surface area contributed by atoms with Gasteiger partial charge in [0.15, 0.2) is 5.82 Å². The number of pyridine rings is 1. The maximum Gasteiger partial charge on any atom is 0.271 e. The smallest absolute Gasteiger partial charge is 0.271 e. The molecule has 0 aliphatic rings. The van der Waals surface area contributed by atoms with E-state index >= 15 is 0 Å². The second-order valence-corrected chi connectivity index (χ2v) is 6.47. The molecule has 0 spiro atoms. The minimum atomic E-state index is -0.161. The molecule has 0 saturated carbocycles. The number of nitrogens with one attached hydrogen (secondary N) is 4. The van der Waals surface area contributed by atoms with Gasteiger partial charge in [0.2, 0.25) is 5.88 Å². The monoisotopic (exact) mass is 372 g/mol. The van der Waals surface area contributed by atoms with Crippen LogP contribution in [0.1, 0.15) is 5.69 Å². The Bertz CT molecular complexity index is 1360. The molecule has 8 nitrogen and oxygen atoms in total. The van der Waals surface area contributed by atoms with Crippen molar-refractivity contribution >= 4 is 33.3 Å². The van der Waals surface area contributed by atoms with E-state index in [-0.39, 0.29) is 5.56 Å². The van der Waals surface area contributed by atoms with Gasteiger partial charge in [-0.2, -0.15) is 5.10 Å². The number of H-pyrrole nitrogens is 3. The first-order chi connectivity index (χ1) is 13.7. The predicted octanol–water partition coefficient (Wildman–Crippen LogP) is 3.97. The normalized spacial score (nSPS) is 11.2. The van der Waals surface area contributed by atoms with Gasteiger partial charge in [0.25, 0.3) is 5.56 Å². The summed E-state index contributed by atoms with van der Waals surface area (Å²) in [6, 6.07) is 16.8. The molecule has 0 radical (unpaired) electrons. The fourth-order valence-corrected chi connectivity index (χ4v) is 3.13. The highest BCUT2D eigenvalue weighted by Gasteiger charge is 2.10. The Morgan fingerprint density at radius 2 is 1.89 bits per heavy atom. The van der Waals surface area contributed by atoms with Crippen LogP contribution in [0.15, 0.2) is 59.4 Å². The molecule has 8 heteroatoms. The van der Waals surface area contributed by atoms with Crippen LogP contribution in [0.25, 0.3) is 21.8 Å². The molecular formula is C20H16N6O2. The molecule has 0 atom stereocenters. The number of aromatic amines is 3. The van der Waals surface area contributed by atoms with Gasteiger partial charge in [-0.3, -0.25) is 20.1 Å². The Morgan fingerprint density at radius 1 is 1.00 bits per heavy atom. The van der Waals surface area contributed by atoms with Gasteiger partial charge in [-0.25, -0.2) is 4.98 Å². The summed E-state index contributed by atoms with van der Waals surface area (Å²) in [6.07, 6.45) is 0. The van der Waals surface area contributed by atoms with E-state index in [0.717, 1.165) is 22.3 Å². The zero-order chi connectivity index (χ0) is 19.1. The number of fused-ring (bicyclic) bond motifs is 2. The third-order valence-electron chi connectivity index (χ3n) is 4.43. The zero-order valence-electron chi connectivity index (χ0n) is 14.9. The van der Waals surface area contributed by atoms with E-state index in [1.54, 1.807) is 18.2 Å². The molecule has 0 bridgehead atoms. The lowest BCUT2D eigenvalue weighted by molar-refractivity contribution is 0.466. The molecule has 0 aliphatic carbocycles. The van der Waals surface area contributed by atoms with Crippen molar-refractivity contribution < 1.29 is 4.74 Å². The van der Waals surface area contributed by atoms with Gasteiger partial charge in [0, 0.05) is 29.3 Å². The minimum Gasteiger partial charge on any atom is -0.439 e. The number of para-hydroxylation sites is 1. The van der Waals surface area contributed by atoms with Gasteiger partial charge in [-0.15, -0.1) is 0 Å². The molecule has 4 N–H and O–H groups in total. The lowest BCUT2D eigenvalue weighted by atomic mass is 10.2. The summed E-state index contributed by atoms with van der Waals surface area (Å²) in [5.74, 6) is 1.73. The van der Waals surface area contributed by atoms with Crippen LogP contribution in [0.2, 0.25) is 0 Å². The molecule has 0 fully saturated rings. The minimum absolute atomic E-state index is 0.161. The number of hydrogen-bond donors (Lipinski definition) is 4. The van der Waals surface area contributed by atoms with Gasteiger partial charge in [-0.05, 0) is 25.1 Å². The van der Waals surface area contributed by atoms with Crippen LogP contribution in [-0.2, 0) is 0 Å². The highest BCUT2D eigenvalue weighted by atomic mass is 16.5. The van der Waals surface area contributed by atoms with Crippen LogP contribution >= 0.6 is 0 Å². The lowest BCUT2D eigenvalue weighted by Crippen LogP contribution is -1.97. The van der Waals surface area contributed by atoms with Gasteiger partial charge >= 0.3 is 0 Å². The zero-order valence-corrected chi connectivity index (χ0v) is 14.9. The van der Waals surface area contributed by atoms with E-state index in [0.29, 0.717) is 28.4 Å². The number of nitrogens with zero attached hydrogens (tertiary/aromatic N) is 2. The topological polar surface area (TPSA) is 111 Å². The molecule has 5 rings (SSSR count). The molecule has 2 aromatic carbocycles. The first-order valence-corrected chi connectivity index (χ1v) is 8.73. The van der Waals surface area contributed by atoms with Gasteiger partial charge in [0.05, 0.1) is 22.1 Å². The Morgan fingerprint density at radius 3 is 2.75 bits per heavy atom. The summed E-state index contributed by atoms with van der Waals surface area (Å²) < 4.78 is 5.97. The molecule has 3 aromatic heterocycles. The quantitative estimate of drug-likeness (QED) is 0.381. The average Bonchev–Trinajstić information content (AvgIpc) is 3.27. The van der Waals surface area contributed by atoms with Crippen molar-refractivity contribution in [1.82, 2.24) is 25.4 Å². The predicted molar refractivity (Wildman–Crippen MR) is 107 cm³/mol. The van der Waals surface area contributed by atoms with Crippen LogP contribution in [-0.4, -0.2) is 25.4 Å². The SMILES string of the molecule is Cc1cc(Nc2cc(Oc3ccc4c(=O)[nH][nH]c4c3)nc3ccccc23)n[nH]1. The summed E-state index contributed by atoms with van der Waals surface area (Å²) in [5.41, 5.74) is 3.11. The van der Waals surface area contributed by atoms with Crippen LogP contribution < -0.4 is 15.6 Å².